The molecular weight excluding hydrogens is 212 g/mol. The van der Waals surface area contributed by atoms with Crippen LogP contribution in [0.5, 0.6) is 0 Å². The molecule has 0 bridgehead atoms. The molecule has 17 heavy (non-hydrogen) atoms. The lowest BCUT2D eigenvalue weighted by molar-refractivity contribution is -0.0188. The molecular formula is C14H28N2O. The fourth-order valence-corrected chi connectivity index (χ4v) is 3.69. The largest absolute Gasteiger partial charge is 0.374 e. The van der Waals surface area contributed by atoms with Gasteiger partial charge < -0.3 is 10.5 Å². The van der Waals surface area contributed by atoms with Crippen LogP contribution in [0, 0.1) is 0 Å². The molecule has 0 aromatic carbocycles. The Morgan fingerprint density at radius 2 is 2.00 bits per heavy atom. The SMILES string of the molecule is CCC1CCC(C)N1C(CN)C1CCC(C)O1. The maximum atomic E-state index is 6.05. The minimum Gasteiger partial charge on any atom is -0.374 e. The molecule has 2 rings (SSSR count). The van der Waals surface area contributed by atoms with Crippen LogP contribution in [0.25, 0.3) is 0 Å². The second-order valence-electron chi connectivity index (χ2n) is 5.80. The maximum Gasteiger partial charge on any atom is 0.0747 e. The Balaban J connectivity index is 2.05. The number of nitrogens with zero attached hydrogens (tertiary/aromatic N) is 1. The maximum absolute atomic E-state index is 6.05. The molecule has 2 aliphatic heterocycles. The summed E-state index contributed by atoms with van der Waals surface area (Å²) in [5.74, 6) is 0. The number of nitrogens with two attached hydrogens (primary N) is 1. The normalized spacial score (nSPS) is 40.9. The van der Waals surface area contributed by atoms with Crippen molar-refractivity contribution in [2.75, 3.05) is 6.54 Å². The van der Waals surface area contributed by atoms with Gasteiger partial charge in [-0.05, 0) is 46.0 Å². The lowest BCUT2D eigenvalue weighted by atomic mass is 10.0. The van der Waals surface area contributed by atoms with E-state index in [1.165, 1.54) is 32.1 Å². The minimum atomic E-state index is 0.365. The molecule has 0 aromatic rings. The van der Waals surface area contributed by atoms with Gasteiger partial charge in [0.1, 0.15) is 0 Å². The predicted octanol–water partition coefficient (Wildman–Crippen LogP) is 2.14. The Labute approximate surface area is 106 Å². The van der Waals surface area contributed by atoms with Crippen molar-refractivity contribution < 1.29 is 4.74 Å². The van der Waals surface area contributed by atoms with Crippen LogP contribution in [-0.4, -0.2) is 41.8 Å². The molecule has 0 spiro atoms. The summed E-state index contributed by atoms with van der Waals surface area (Å²) < 4.78 is 6.05. The van der Waals surface area contributed by atoms with Crippen molar-refractivity contribution in [1.82, 2.24) is 4.90 Å². The molecule has 2 heterocycles. The van der Waals surface area contributed by atoms with Gasteiger partial charge in [-0.1, -0.05) is 6.92 Å². The number of likely N-dealkylation sites (tertiary alicyclic amines) is 1. The highest BCUT2D eigenvalue weighted by Gasteiger charge is 2.40. The Morgan fingerprint density at radius 3 is 2.53 bits per heavy atom. The van der Waals surface area contributed by atoms with E-state index in [1.807, 2.05) is 0 Å². The summed E-state index contributed by atoms with van der Waals surface area (Å²) >= 11 is 0. The van der Waals surface area contributed by atoms with Crippen LogP contribution < -0.4 is 5.73 Å². The van der Waals surface area contributed by atoms with Crippen molar-refractivity contribution in [1.29, 1.82) is 0 Å². The Kier molecular flexibility index (Phi) is 4.45. The molecule has 2 aliphatic rings. The van der Waals surface area contributed by atoms with Crippen LogP contribution in [0.2, 0.25) is 0 Å². The average Bonchev–Trinajstić information content (AvgIpc) is 2.89. The van der Waals surface area contributed by atoms with Crippen molar-refractivity contribution in [3.05, 3.63) is 0 Å². The van der Waals surface area contributed by atoms with Gasteiger partial charge in [0, 0.05) is 24.7 Å². The smallest absolute Gasteiger partial charge is 0.0747 e. The molecule has 5 atom stereocenters. The van der Waals surface area contributed by atoms with Gasteiger partial charge in [-0.15, -0.1) is 0 Å². The van der Waals surface area contributed by atoms with E-state index in [1.54, 1.807) is 0 Å². The van der Waals surface area contributed by atoms with Crippen LogP contribution in [0.15, 0.2) is 0 Å². The summed E-state index contributed by atoms with van der Waals surface area (Å²) in [6, 6.07) is 1.83. The summed E-state index contributed by atoms with van der Waals surface area (Å²) in [5, 5.41) is 0. The van der Waals surface area contributed by atoms with Crippen LogP contribution >= 0.6 is 0 Å². The van der Waals surface area contributed by atoms with E-state index >= 15 is 0 Å². The van der Waals surface area contributed by atoms with Crippen LogP contribution in [0.4, 0.5) is 0 Å². The van der Waals surface area contributed by atoms with Crippen molar-refractivity contribution >= 4 is 0 Å². The molecule has 5 unspecified atom stereocenters. The van der Waals surface area contributed by atoms with Gasteiger partial charge in [0.15, 0.2) is 0 Å². The minimum absolute atomic E-state index is 0.365. The third kappa shape index (κ3) is 2.67. The molecule has 2 N–H and O–H groups in total. The molecule has 3 heteroatoms. The molecule has 2 saturated heterocycles. The first kappa shape index (κ1) is 13.3. The summed E-state index contributed by atoms with van der Waals surface area (Å²) in [7, 11) is 0. The van der Waals surface area contributed by atoms with E-state index in [2.05, 4.69) is 25.7 Å². The average molecular weight is 240 g/mol. The quantitative estimate of drug-likeness (QED) is 0.818. The lowest BCUT2D eigenvalue weighted by Crippen LogP contribution is -2.52. The number of hydrogen-bond donors (Lipinski definition) is 1. The highest BCUT2D eigenvalue weighted by molar-refractivity contribution is 4.94. The molecule has 0 radical (unpaired) electrons. The van der Waals surface area contributed by atoms with Gasteiger partial charge >= 0.3 is 0 Å². The van der Waals surface area contributed by atoms with Gasteiger partial charge in [-0.3, -0.25) is 4.90 Å². The molecule has 0 aliphatic carbocycles. The first-order valence-electron chi connectivity index (χ1n) is 7.30. The summed E-state index contributed by atoms with van der Waals surface area (Å²) in [6.45, 7) is 7.55. The van der Waals surface area contributed by atoms with E-state index in [0.717, 1.165) is 12.6 Å². The van der Waals surface area contributed by atoms with Crippen molar-refractivity contribution in [3.8, 4) is 0 Å². The Bertz CT molecular complexity index is 246. The van der Waals surface area contributed by atoms with Crippen LogP contribution in [0.3, 0.4) is 0 Å². The van der Waals surface area contributed by atoms with Gasteiger partial charge in [0.25, 0.3) is 0 Å². The predicted molar refractivity (Wildman–Crippen MR) is 71.0 cm³/mol. The van der Waals surface area contributed by atoms with E-state index in [0.29, 0.717) is 24.3 Å². The zero-order valence-corrected chi connectivity index (χ0v) is 11.6. The number of rotatable bonds is 4. The number of ether oxygens (including phenoxy) is 1. The van der Waals surface area contributed by atoms with Gasteiger partial charge in [-0.25, -0.2) is 0 Å². The molecule has 100 valence electrons. The zero-order valence-electron chi connectivity index (χ0n) is 11.6. The third-order valence-corrected chi connectivity index (χ3v) is 4.64. The highest BCUT2D eigenvalue weighted by Crippen LogP contribution is 2.33. The fourth-order valence-electron chi connectivity index (χ4n) is 3.69. The number of hydrogen-bond acceptors (Lipinski definition) is 3. The standard InChI is InChI=1S/C14H28N2O/c1-4-12-7-5-10(2)16(12)13(9-15)14-8-6-11(3)17-14/h10-14H,4-9,15H2,1-3H3. The topological polar surface area (TPSA) is 38.5 Å². The Morgan fingerprint density at radius 1 is 1.24 bits per heavy atom. The summed E-state index contributed by atoms with van der Waals surface area (Å²) in [6.07, 6.45) is 7.05. The monoisotopic (exact) mass is 240 g/mol. The van der Waals surface area contributed by atoms with Gasteiger partial charge in [0.2, 0.25) is 0 Å². The molecule has 3 nitrogen and oxygen atoms in total. The van der Waals surface area contributed by atoms with Crippen molar-refractivity contribution in [2.24, 2.45) is 5.73 Å². The van der Waals surface area contributed by atoms with Gasteiger partial charge in [0.05, 0.1) is 12.2 Å². The third-order valence-electron chi connectivity index (χ3n) is 4.64. The fraction of sp³-hybridized carbons (Fsp3) is 1.00. The first-order valence-corrected chi connectivity index (χ1v) is 7.30. The highest BCUT2D eigenvalue weighted by atomic mass is 16.5. The van der Waals surface area contributed by atoms with E-state index in [9.17, 15) is 0 Å². The molecule has 0 amide bonds. The second-order valence-corrected chi connectivity index (χ2v) is 5.80. The summed E-state index contributed by atoms with van der Waals surface area (Å²) in [5.41, 5.74) is 6.04. The zero-order chi connectivity index (χ0) is 12.4. The van der Waals surface area contributed by atoms with Crippen LogP contribution in [0.1, 0.15) is 52.9 Å². The second kappa shape index (κ2) is 5.68. The summed E-state index contributed by atoms with van der Waals surface area (Å²) in [4.78, 5) is 2.66. The molecule has 0 saturated carbocycles. The van der Waals surface area contributed by atoms with Crippen LogP contribution in [-0.2, 0) is 4.74 Å². The first-order chi connectivity index (χ1) is 8.17. The molecule has 0 aromatic heterocycles. The van der Waals surface area contributed by atoms with E-state index in [-0.39, 0.29) is 0 Å². The molecule has 2 fully saturated rings. The van der Waals surface area contributed by atoms with E-state index in [4.69, 9.17) is 10.5 Å². The van der Waals surface area contributed by atoms with Crippen molar-refractivity contribution in [2.45, 2.75) is 83.2 Å². The van der Waals surface area contributed by atoms with E-state index < -0.39 is 0 Å². The lowest BCUT2D eigenvalue weighted by Gasteiger charge is -2.38. The van der Waals surface area contributed by atoms with Crippen molar-refractivity contribution in [3.63, 3.8) is 0 Å². The Hall–Kier alpha value is -0.120. The van der Waals surface area contributed by atoms with Gasteiger partial charge in [-0.2, -0.15) is 0 Å².